The number of rotatable bonds is 6. The molecule has 0 bridgehead atoms. The van der Waals surface area contributed by atoms with Crippen molar-refractivity contribution in [2.24, 2.45) is 4.99 Å². The second-order valence-electron chi connectivity index (χ2n) is 5.28. The van der Waals surface area contributed by atoms with Crippen LogP contribution in [0.3, 0.4) is 0 Å². The van der Waals surface area contributed by atoms with Gasteiger partial charge in [-0.05, 0) is 25.8 Å². The number of guanidine groups is 1. The van der Waals surface area contributed by atoms with Gasteiger partial charge in [0.25, 0.3) is 0 Å². The van der Waals surface area contributed by atoms with Gasteiger partial charge in [0.2, 0.25) is 5.88 Å². The molecule has 1 aliphatic carbocycles. The standard InChI is InChI=1S/C16H21F3N4O/c1-2-20-15(23-13-5-3-4-6-13)21-9-10-24-14-8-7-12(11-22-14)16(17,18)19/h3-4,7-8,11,13H,2,5-6,9-10H2,1H3,(H2,20,21,23). The molecular weight excluding hydrogens is 321 g/mol. The normalized spacial score (nSPS) is 15.6. The highest BCUT2D eigenvalue weighted by atomic mass is 19.4. The van der Waals surface area contributed by atoms with Crippen molar-refractivity contribution >= 4 is 5.96 Å². The van der Waals surface area contributed by atoms with E-state index in [1.807, 2.05) is 6.92 Å². The first kappa shape index (κ1) is 18.1. The molecule has 0 atom stereocenters. The van der Waals surface area contributed by atoms with Crippen molar-refractivity contribution in [1.82, 2.24) is 15.6 Å². The number of aliphatic imine (C=N–C) groups is 1. The molecule has 132 valence electrons. The minimum absolute atomic E-state index is 0.149. The predicted molar refractivity (Wildman–Crippen MR) is 86.0 cm³/mol. The number of alkyl halides is 3. The van der Waals surface area contributed by atoms with Crippen LogP contribution in [-0.2, 0) is 6.18 Å². The molecule has 0 aliphatic heterocycles. The molecule has 0 fully saturated rings. The number of nitrogens with zero attached hydrogens (tertiary/aromatic N) is 2. The fraction of sp³-hybridized carbons (Fsp3) is 0.500. The third-order valence-corrected chi connectivity index (χ3v) is 3.37. The Labute approximate surface area is 139 Å². The lowest BCUT2D eigenvalue weighted by atomic mass is 10.2. The summed E-state index contributed by atoms with van der Waals surface area (Å²) in [6, 6.07) is 2.50. The Bertz CT molecular complexity index is 562. The summed E-state index contributed by atoms with van der Waals surface area (Å²) in [5, 5.41) is 6.47. The number of hydrogen-bond acceptors (Lipinski definition) is 3. The minimum atomic E-state index is -4.39. The van der Waals surface area contributed by atoms with Gasteiger partial charge in [0, 0.05) is 24.8 Å². The maximum Gasteiger partial charge on any atom is 0.417 e. The van der Waals surface area contributed by atoms with Crippen molar-refractivity contribution in [1.29, 1.82) is 0 Å². The Balaban J connectivity index is 1.78. The van der Waals surface area contributed by atoms with Gasteiger partial charge in [-0.15, -0.1) is 0 Å². The Kier molecular flexibility index (Phi) is 6.45. The highest BCUT2D eigenvalue weighted by molar-refractivity contribution is 5.80. The first-order chi connectivity index (χ1) is 11.5. The quantitative estimate of drug-likeness (QED) is 0.361. The predicted octanol–water partition coefficient (Wildman–Crippen LogP) is 2.75. The van der Waals surface area contributed by atoms with Gasteiger partial charge in [-0.3, -0.25) is 0 Å². The number of hydrogen-bond donors (Lipinski definition) is 2. The van der Waals surface area contributed by atoms with E-state index in [0.29, 0.717) is 18.5 Å². The molecule has 0 spiro atoms. The minimum Gasteiger partial charge on any atom is -0.476 e. The van der Waals surface area contributed by atoms with Gasteiger partial charge in [-0.2, -0.15) is 13.2 Å². The summed E-state index contributed by atoms with van der Waals surface area (Å²) in [5.41, 5.74) is -0.795. The van der Waals surface area contributed by atoms with Crippen LogP contribution in [0, 0.1) is 0 Å². The lowest BCUT2D eigenvalue weighted by molar-refractivity contribution is -0.137. The SMILES string of the molecule is CCNC(=NCCOc1ccc(C(F)(F)F)cn1)NC1CC=CC1. The van der Waals surface area contributed by atoms with Gasteiger partial charge < -0.3 is 15.4 Å². The highest BCUT2D eigenvalue weighted by Gasteiger charge is 2.30. The van der Waals surface area contributed by atoms with E-state index in [0.717, 1.165) is 31.6 Å². The fourth-order valence-electron chi connectivity index (χ4n) is 2.19. The van der Waals surface area contributed by atoms with E-state index < -0.39 is 11.7 Å². The molecule has 0 saturated carbocycles. The molecule has 2 N–H and O–H groups in total. The average Bonchev–Trinajstić information content (AvgIpc) is 3.04. The van der Waals surface area contributed by atoms with E-state index in [-0.39, 0.29) is 12.5 Å². The summed E-state index contributed by atoms with van der Waals surface area (Å²) in [5.74, 6) is 0.853. The van der Waals surface area contributed by atoms with Crippen molar-refractivity contribution in [3.05, 3.63) is 36.0 Å². The smallest absolute Gasteiger partial charge is 0.417 e. The molecule has 1 aromatic rings. The molecule has 5 nitrogen and oxygen atoms in total. The van der Waals surface area contributed by atoms with E-state index in [4.69, 9.17) is 4.74 Å². The second kappa shape index (κ2) is 8.56. The molecule has 0 saturated heterocycles. The van der Waals surface area contributed by atoms with Crippen molar-refractivity contribution in [3.8, 4) is 5.88 Å². The lowest BCUT2D eigenvalue weighted by Gasteiger charge is -2.16. The largest absolute Gasteiger partial charge is 0.476 e. The number of aromatic nitrogens is 1. The van der Waals surface area contributed by atoms with Crippen molar-refractivity contribution in [3.63, 3.8) is 0 Å². The maximum absolute atomic E-state index is 12.4. The summed E-state index contributed by atoms with van der Waals surface area (Å²) in [7, 11) is 0. The molecule has 0 amide bonds. The number of pyridine rings is 1. The van der Waals surface area contributed by atoms with E-state index in [1.165, 1.54) is 6.07 Å². The second-order valence-corrected chi connectivity index (χ2v) is 5.28. The van der Waals surface area contributed by atoms with Crippen LogP contribution in [0.25, 0.3) is 0 Å². The van der Waals surface area contributed by atoms with Crippen LogP contribution >= 0.6 is 0 Å². The van der Waals surface area contributed by atoms with E-state index in [2.05, 4.69) is 32.8 Å². The average molecular weight is 342 g/mol. The van der Waals surface area contributed by atoms with Gasteiger partial charge in [-0.25, -0.2) is 9.98 Å². The molecule has 1 heterocycles. The van der Waals surface area contributed by atoms with Crippen molar-refractivity contribution in [2.45, 2.75) is 32.0 Å². The Hall–Kier alpha value is -2.25. The molecule has 0 aromatic carbocycles. The zero-order valence-corrected chi connectivity index (χ0v) is 13.4. The first-order valence-corrected chi connectivity index (χ1v) is 7.85. The maximum atomic E-state index is 12.4. The Morgan fingerprint density at radius 3 is 2.67 bits per heavy atom. The third kappa shape index (κ3) is 5.75. The van der Waals surface area contributed by atoms with Gasteiger partial charge >= 0.3 is 6.18 Å². The van der Waals surface area contributed by atoms with E-state index in [9.17, 15) is 13.2 Å². The van der Waals surface area contributed by atoms with Crippen LogP contribution in [0.4, 0.5) is 13.2 Å². The summed E-state index contributed by atoms with van der Waals surface area (Å²) in [6.45, 7) is 3.33. The summed E-state index contributed by atoms with van der Waals surface area (Å²) in [6.07, 6.45) is 2.56. The molecule has 0 radical (unpaired) electrons. The summed E-state index contributed by atoms with van der Waals surface area (Å²) < 4.78 is 42.6. The fourth-order valence-corrected chi connectivity index (χ4v) is 2.19. The summed E-state index contributed by atoms with van der Waals surface area (Å²) >= 11 is 0. The monoisotopic (exact) mass is 342 g/mol. The molecule has 1 aliphatic rings. The van der Waals surface area contributed by atoms with Crippen LogP contribution in [0.1, 0.15) is 25.3 Å². The van der Waals surface area contributed by atoms with E-state index in [1.54, 1.807) is 0 Å². The third-order valence-electron chi connectivity index (χ3n) is 3.37. The van der Waals surface area contributed by atoms with Crippen LogP contribution in [0.5, 0.6) is 5.88 Å². The van der Waals surface area contributed by atoms with Gasteiger partial charge in [-0.1, -0.05) is 12.2 Å². The number of ether oxygens (including phenoxy) is 1. The Morgan fingerprint density at radius 2 is 2.08 bits per heavy atom. The lowest BCUT2D eigenvalue weighted by Crippen LogP contribution is -2.42. The van der Waals surface area contributed by atoms with Crippen molar-refractivity contribution in [2.75, 3.05) is 19.7 Å². The van der Waals surface area contributed by atoms with E-state index >= 15 is 0 Å². The highest BCUT2D eigenvalue weighted by Crippen LogP contribution is 2.29. The van der Waals surface area contributed by atoms with Crippen LogP contribution in [0.2, 0.25) is 0 Å². The number of nitrogens with one attached hydrogen (secondary N) is 2. The van der Waals surface area contributed by atoms with Crippen LogP contribution < -0.4 is 15.4 Å². The Morgan fingerprint density at radius 1 is 1.33 bits per heavy atom. The molecule has 2 rings (SSSR count). The zero-order chi connectivity index (χ0) is 17.4. The topological polar surface area (TPSA) is 58.5 Å². The molecule has 1 aromatic heterocycles. The van der Waals surface area contributed by atoms with Crippen LogP contribution in [0.15, 0.2) is 35.5 Å². The first-order valence-electron chi connectivity index (χ1n) is 7.85. The van der Waals surface area contributed by atoms with Crippen LogP contribution in [-0.4, -0.2) is 36.7 Å². The molecule has 8 heteroatoms. The van der Waals surface area contributed by atoms with Gasteiger partial charge in [0.05, 0.1) is 12.1 Å². The molecule has 24 heavy (non-hydrogen) atoms. The molecular formula is C16H21F3N4O. The zero-order valence-electron chi connectivity index (χ0n) is 13.4. The number of halogens is 3. The van der Waals surface area contributed by atoms with Gasteiger partial charge in [0.15, 0.2) is 5.96 Å². The summed E-state index contributed by atoms with van der Waals surface area (Å²) in [4.78, 5) is 8.03. The van der Waals surface area contributed by atoms with Gasteiger partial charge in [0.1, 0.15) is 6.61 Å². The van der Waals surface area contributed by atoms with Crippen molar-refractivity contribution < 1.29 is 17.9 Å². The molecule has 0 unspecified atom stereocenters.